The number of esters is 1. The second-order valence-electron chi connectivity index (χ2n) is 26.0. The van der Waals surface area contributed by atoms with Gasteiger partial charge in [0, 0.05) is 12.8 Å². The molecule has 0 aliphatic carbocycles. The van der Waals surface area contributed by atoms with Gasteiger partial charge in [-0.3, -0.25) is 52.7 Å². The van der Waals surface area contributed by atoms with E-state index in [9.17, 15) is 62.6 Å². The third-order valence-corrected chi connectivity index (χ3v) is 16.1. The Morgan fingerprint density at radius 2 is 1.04 bits per heavy atom. The third kappa shape index (κ3) is 24.4. The van der Waals surface area contributed by atoms with Gasteiger partial charge in [0.2, 0.25) is 59.1 Å². The van der Waals surface area contributed by atoms with Crippen LogP contribution in [0.2, 0.25) is 0 Å². The Labute approximate surface area is 532 Å². The molecule has 0 unspecified atom stereocenters. The minimum atomic E-state index is -1.80. The molecule has 1 heterocycles. The molecule has 0 radical (unpaired) electrons. The first-order valence-electron chi connectivity index (χ1n) is 31.9. The molecule has 1 aromatic carbocycles. The van der Waals surface area contributed by atoms with Crippen molar-refractivity contribution in [3.05, 3.63) is 47.7 Å². The topological polar surface area (TPSA) is 367 Å². The lowest BCUT2D eigenvalue weighted by Gasteiger charge is -2.33. The molecule has 90 heavy (non-hydrogen) atoms. The standard InChI is InChI=1S/C65H107N11O14/c1-20-38(16)51-61(85)70-47(34(8)9)57(81)67-44(31-42-28-24-23-25-29-42)56(80)66-43(22-3)55(79)72-50(37(14)15)65(89)90-41(19)54(64(88)74-51)76-62(86)52(39(17)21-2)73-60(84)49(36(12)13)69-59(83)48(35(10)11)71-63(87)53(40(18)77)75-58(82)46(33(6)7)68-45(78)30-26-27-32(4)5/h22-25,28-29,32-41,44,46-54,77H,20-21,26-27,30-31H2,1-19H3,(H,66,80)(H,67,81)(H,68,78)(H,69,83)(H,70,85)(H,71,87)(H,72,79)(H,73,84)(H,74,88)(H,75,82)(H,76,86)/b43-22-/t38-,39-,40-,41+,44+,46-,47-,48+,49-,50+,51-,52-,53+,54-/m1/s1. The Kier molecular flexibility index (Phi) is 32.9. The maximum Gasteiger partial charge on any atom is 0.329 e. The largest absolute Gasteiger partial charge is 0.458 e. The lowest BCUT2D eigenvalue weighted by molar-refractivity contribution is -0.157. The van der Waals surface area contributed by atoms with Crippen molar-refractivity contribution in [1.29, 1.82) is 0 Å². The van der Waals surface area contributed by atoms with Gasteiger partial charge >= 0.3 is 5.97 Å². The summed E-state index contributed by atoms with van der Waals surface area (Å²) in [6.45, 7) is 31.5. The smallest absolute Gasteiger partial charge is 0.329 e. The summed E-state index contributed by atoms with van der Waals surface area (Å²) in [7, 11) is 0. The summed E-state index contributed by atoms with van der Waals surface area (Å²) in [4.78, 5) is 170. The van der Waals surface area contributed by atoms with E-state index in [-0.39, 0.29) is 30.9 Å². The first kappa shape index (κ1) is 78.7. The number of benzene rings is 1. The summed E-state index contributed by atoms with van der Waals surface area (Å²) in [6, 6.07) is -5.12. The molecule has 0 aromatic heterocycles. The zero-order valence-electron chi connectivity index (χ0n) is 56.5. The van der Waals surface area contributed by atoms with Gasteiger partial charge in [-0.1, -0.05) is 166 Å². The predicted molar refractivity (Wildman–Crippen MR) is 340 cm³/mol. The molecule has 14 atom stereocenters. The fourth-order valence-electron chi connectivity index (χ4n) is 9.80. The molecule has 11 amide bonds. The summed E-state index contributed by atoms with van der Waals surface area (Å²) < 4.78 is 5.93. The van der Waals surface area contributed by atoms with E-state index in [4.69, 9.17) is 4.74 Å². The van der Waals surface area contributed by atoms with Gasteiger partial charge in [0.25, 0.3) is 5.91 Å². The van der Waals surface area contributed by atoms with Gasteiger partial charge in [-0.2, -0.15) is 0 Å². The van der Waals surface area contributed by atoms with Gasteiger partial charge in [0.15, 0.2) is 0 Å². The van der Waals surface area contributed by atoms with Crippen LogP contribution in [0.15, 0.2) is 42.1 Å². The van der Waals surface area contributed by atoms with E-state index in [0.29, 0.717) is 24.3 Å². The summed E-state index contributed by atoms with van der Waals surface area (Å²) in [5.41, 5.74) is 0.390. The summed E-state index contributed by atoms with van der Waals surface area (Å²) in [5.74, 6) is -13.7. The molecule has 0 spiro atoms. The number of rotatable bonds is 27. The normalized spacial score (nSPS) is 22.4. The molecule has 2 rings (SSSR count). The quantitative estimate of drug-likeness (QED) is 0.0445. The number of hydrogen-bond donors (Lipinski definition) is 12. The van der Waals surface area contributed by atoms with Crippen LogP contribution in [0.3, 0.4) is 0 Å². The third-order valence-electron chi connectivity index (χ3n) is 16.1. The number of carbonyl (C=O) groups excluding carboxylic acids is 12. The summed E-state index contributed by atoms with van der Waals surface area (Å²) in [6.07, 6.45) is 0.467. The summed E-state index contributed by atoms with van der Waals surface area (Å²) in [5, 5.41) is 40.2. The number of carbonyl (C=O) groups is 12. The Morgan fingerprint density at radius 3 is 1.51 bits per heavy atom. The maximum atomic E-state index is 14.9. The molecule has 1 aliphatic heterocycles. The van der Waals surface area contributed by atoms with Crippen molar-refractivity contribution >= 4 is 70.9 Å². The highest BCUT2D eigenvalue weighted by Gasteiger charge is 2.42. The van der Waals surface area contributed by atoms with Crippen molar-refractivity contribution in [2.75, 3.05) is 0 Å². The van der Waals surface area contributed by atoms with Crippen LogP contribution >= 0.6 is 0 Å². The molecule has 0 bridgehead atoms. The highest BCUT2D eigenvalue weighted by molar-refractivity contribution is 6.02. The first-order valence-corrected chi connectivity index (χ1v) is 31.9. The number of allylic oxidation sites excluding steroid dienone is 1. The van der Waals surface area contributed by atoms with Crippen molar-refractivity contribution in [3.63, 3.8) is 0 Å². The monoisotopic (exact) mass is 1270 g/mol. The number of hydrogen-bond acceptors (Lipinski definition) is 14. The van der Waals surface area contributed by atoms with Gasteiger partial charge in [-0.25, -0.2) is 4.79 Å². The van der Waals surface area contributed by atoms with E-state index in [0.717, 1.165) is 6.42 Å². The van der Waals surface area contributed by atoms with Crippen LogP contribution in [0.4, 0.5) is 0 Å². The van der Waals surface area contributed by atoms with E-state index in [1.807, 2.05) is 13.8 Å². The van der Waals surface area contributed by atoms with Crippen molar-refractivity contribution in [1.82, 2.24) is 58.5 Å². The molecule has 25 heteroatoms. The molecule has 0 saturated carbocycles. The van der Waals surface area contributed by atoms with E-state index >= 15 is 0 Å². The number of aliphatic hydroxyl groups is 1. The Bertz CT molecular complexity index is 2640. The average Bonchev–Trinajstić information content (AvgIpc) is 1.30. The predicted octanol–water partition coefficient (Wildman–Crippen LogP) is 2.62. The van der Waals surface area contributed by atoms with E-state index < -0.39 is 179 Å². The highest BCUT2D eigenvalue weighted by atomic mass is 16.5. The first-order chi connectivity index (χ1) is 42.0. The number of aliphatic hydroxyl groups excluding tert-OH is 1. The second-order valence-corrected chi connectivity index (χ2v) is 26.0. The van der Waals surface area contributed by atoms with Crippen LogP contribution in [0.5, 0.6) is 0 Å². The molecule has 506 valence electrons. The van der Waals surface area contributed by atoms with Gasteiger partial charge in [-0.15, -0.1) is 0 Å². The zero-order valence-corrected chi connectivity index (χ0v) is 56.5. The van der Waals surface area contributed by atoms with Gasteiger partial charge in [-0.05, 0) is 80.1 Å². The highest BCUT2D eigenvalue weighted by Crippen LogP contribution is 2.18. The van der Waals surface area contributed by atoms with Crippen LogP contribution < -0.4 is 58.5 Å². The molecular formula is C65H107N11O14. The van der Waals surface area contributed by atoms with Crippen LogP contribution in [-0.2, 0) is 68.7 Å². The van der Waals surface area contributed by atoms with Crippen LogP contribution in [0, 0.1) is 47.3 Å². The SMILES string of the molecule is C/C=C1\NC(=O)[C@H](Cc2ccccc2)NC(=O)[C@@H](C(C)C)NC(=O)[C@@H]([C@H](C)CC)NC(=O)[C@H](NC(=O)[C@H](NC(=O)[C@H](NC(=O)[C@@H](NC(=O)[C@@H](NC(=O)[C@H](NC(=O)CCCC(C)C)C(C)C)[C@@H](C)O)C(C)C)C(C)C)[C@H](C)CC)[C@H](C)OC(=O)[C@H](C(C)C)NC1=O. The van der Waals surface area contributed by atoms with Crippen LogP contribution in [0.1, 0.15) is 169 Å². The zero-order chi connectivity index (χ0) is 68.6. The minimum absolute atomic E-state index is 0.0239. The fourth-order valence-corrected chi connectivity index (χ4v) is 9.80. The molecule has 1 saturated heterocycles. The van der Waals surface area contributed by atoms with E-state index in [1.165, 1.54) is 26.8 Å². The van der Waals surface area contributed by atoms with Crippen molar-refractivity contribution < 1.29 is 67.4 Å². The number of amides is 11. The van der Waals surface area contributed by atoms with E-state index in [2.05, 4.69) is 58.5 Å². The number of cyclic esters (lactones) is 1. The Morgan fingerprint density at radius 1 is 0.567 bits per heavy atom. The minimum Gasteiger partial charge on any atom is -0.458 e. The van der Waals surface area contributed by atoms with Gasteiger partial charge in [0.05, 0.1) is 6.10 Å². The second kappa shape index (κ2) is 37.7. The summed E-state index contributed by atoms with van der Waals surface area (Å²) >= 11 is 0. The Hall–Kier alpha value is -7.44. The molecule has 25 nitrogen and oxygen atoms in total. The fraction of sp³-hybridized carbons (Fsp3) is 0.692. The lowest BCUT2D eigenvalue weighted by atomic mass is 9.94. The molecule has 1 fully saturated rings. The molecule has 1 aromatic rings. The molecule has 1 aliphatic rings. The van der Waals surface area contributed by atoms with Gasteiger partial charge in [0.1, 0.15) is 72.2 Å². The molecular weight excluding hydrogens is 1160 g/mol. The number of ether oxygens (including phenoxy) is 1. The van der Waals surface area contributed by atoms with Crippen LogP contribution in [0.25, 0.3) is 0 Å². The maximum absolute atomic E-state index is 14.9. The average molecular weight is 1270 g/mol. The van der Waals surface area contributed by atoms with Crippen molar-refractivity contribution in [2.24, 2.45) is 47.3 Å². The van der Waals surface area contributed by atoms with Crippen LogP contribution in [-0.4, -0.2) is 149 Å². The van der Waals surface area contributed by atoms with Crippen molar-refractivity contribution in [3.8, 4) is 0 Å². The van der Waals surface area contributed by atoms with Gasteiger partial charge < -0.3 is 68.3 Å². The Balaban J connectivity index is 2.64. The lowest BCUT2D eigenvalue weighted by Crippen LogP contribution is -2.64. The van der Waals surface area contributed by atoms with E-state index in [1.54, 1.807) is 127 Å². The molecule has 12 N–H and O–H groups in total. The number of nitrogens with one attached hydrogen (secondary N) is 11. The van der Waals surface area contributed by atoms with Crippen molar-refractivity contribution in [2.45, 2.75) is 243 Å².